The van der Waals surface area contributed by atoms with Gasteiger partial charge in [-0.05, 0) is 57.0 Å². The first-order valence-corrected chi connectivity index (χ1v) is 9.92. The molecule has 2 heterocycles. The van der Waals surface area contributed by atoms with Crippen molar-refractivity contribution in [3.05, 3.63) is 21.4 Å². The van der Waals surface area contributed by atoms with Crippen molar-refractivity contribution < 1.29 is 4.79 Å². The van der Waals surface area contributed by atoms with Crippen molar-refractivity contribution in [2.45, 2.75) is 65.2 Å². The van der Waals surface area contributed by atoms with Crippen molar-refractivity contribution >= 4 is 17.2 Å². The largest absolute Gasteiger partial charge is 0.337 e. The molecule has 9 heteroatoms. The lowest BCUT2D eigenvalue weighted by molar-refractivity contribution is -0.131. The zero-order valence-corrected chi connectivity index (χ0v) is 16.8. The molecule has 0 aromatic carbocycles. The smallest absolute Gasteiger partial charge is 0.244 e. The molecular formula is C17H27N7OS. The Bertz CT molecular complexity index is 731. The highest BCUT2D eigenvalue weighted by molar-refractivity contribution is 7.11. The maximum absolute atomic E-state index is 12.6. The molecular weight excluding hydrogens is 350 g/mol. The van der Waals surface area contributed by atoms with Gasteiger partial charge in [0.15, 0.2) is 5.82 Å². The fourth-order valence-electron chi connectivity index (χ4n) is 2.88. The van der Waals surface area contributed by atoms with Crippen LogP contribution < -0.4 is 0 Å². The normalized spacial score (nSPS) is 14.1. The van der Waals surface area contributed by atoms with Gasteiger partial charge in [0, 0.05) is 18.0 Å². The van der Waals surface area contributed by atoms with Crippen LogP contribution in [0.3, 0.4) is 0 Å². The fourth-order valence-corrected chi connectivity index (χ4v) is 4.09. The van der Waals surface area contributed by atoms with Crippen LogP contribution in [0.4, 0.5) is 0 Å². The molecule has 1 aliphatic carbocycles. The van der Waals surface area contributed by atoms with Gasteiger partial charge in [-0.2, -0.15) is 0 Å². The number of thiazole rings is 1. The SMILES string of the molecule is CC(C)N(C)Cc1nnnn1CC(=O)N(C)Cc1nc2c(s1)CCCC2. The second-order valence-electron chi connectivity index (χ2n) is 7.20. The molecule has 0 aliphatic heterocycles. The Kier molecular flexibility index (Phi) is 5.98. The van der Waals surface area contributed by atoms with Gasteiger partial charge in [0.05, 0.1) is 18.8 Å². The number of rotatable bonds is 7. The van der Waals surface area contributed by atoms with E-state index in [-0.39, 0.29) is 12.5 Å². The monoisotopic (exact) mass is 377 g/mol. The Hall–Kier alpha value is -1.87. The molecule has 1 amide bonds. The summed E-state index contributed by atoms with van der Waals surface area (Å²) in [7, 11) is 3.83. The first-order valence-electron chi connectivity index (χ1n) is 9.10. The quantitative estimate of drug-likeness (QED) is 0.728. The lowest BCUT2D eigenvalue weighted by Crippen LogP contribution is -2.32. The molecule has 3 rings (SSSR count). The molecule has 2 aromatic heterocycles. The van der Waals surface area contributed by atoms with Gasteiger partial charge in [-0.3, -0.25) is 9.69 Å². The van der Waals surface area contributed by atoms with E-state index in [1.807, 2.05) is 14.1 Å². The number of tetrazole rings is 1. The van der Waals surface area contributed by atoms with Crippen molar-refractivity contribution in [3.63, 3.8) is 0 Å². The molecule has 0 unspecified atom stereocenters. The minimum Gasteiger partial charge on any atom is -0.337 e. The topological polar surface area (TPSA) is 80.0 Å². The average molecular weight is 378 g/mol. The molecule has 0 radical (unpaired) electrons. The Morgan fingerprint density at radius 3 is 2.73 bits per heavy atom. The molecule has 0 N–H and O–H groups in total. The van der Waals surface area contributed by atoms with Crippen LogP contribution in [0.15, 0.2) is 0 Å². The van der Waals surface area contributed by atoms with Crippen LogP contribution in [0.25, 0.3) is 0 Å². The van der Waals surface area contributed by atoms with E-state index in [0.717, 1.165) is 17.8 Å². The molecule has 0 fully saturated rings. The highest BCUT2D eigenvalue weighted by Gasteiger charge is 2.19. The standard InChI is InChI=1S/C17H27N7OS/c1-12(2)22(3)9-15-19-20-21-24(15)11-17(25)23(4)10-16-18-13-7-5-6-8-14(13)26-16/h12H,5-11H2,1-4H3. The number of hydrogen-bond donors (Lipinski definition) is 0. The minimum absolute atomic E-state index is 0.0149. The number of likely N-dealkylation sites (N-methyl/N-ethyl adjacent to an activating group) is 1. The van der Waals surface area contributed by atoms with Gasteiger partial charge < -0.3 is 4.90 Å². The van der Waals surface area contributed by atoms with E-state index in [4.69, 9.17) is 4.98 Å². The van der Waals surface area contributed by atoms with Gasteiger partial charge in [-0.25, -0.2) is 9.67 Å². The van der Waals surface area contributed by atoms with Crippen LogP contribution in [0, 0.1) is 0 Å². The van der Waals surface area contributed by atoms with E-state index < -0.39 is 0 Å². The Balaban J connectivity index is 1.59. The Morgan fingerprint density at radius 1 is 1.23 bits per heavy atom. The molecule has 2 aromatic rings. The van der Waals surface area contributed by atoms with Crippen molar-refractivity contribution in [1.29, 1.82) is 0 Å². The summed E-state index contributed by atoms with van der Waals surface area (Å²) in [4.78, 5) is 22.6. The van der Waals surface area contributed by atoms with Crippen LogP contribution in [-0.4, -0.2) is 61.0 Å². The van der Waals surface area contributed by atoms with Gasteiger partial charge in [-0.1, -0.05) is 0 Å². The fraction of sp³-hybridized carbons (Fsp3) is 0.706. The highest BCUT2D eigenvalue weighted by atomic mass is 32.1. The molecule has 8 nitrogen and oxygen atoms in total. The molecule has 0 bridgehead atoms. The van der Waals surface area contributed by atoms with Gasteiger partial charge in [-0.15, -0.1) is 16.4 Å². The Labute approximate surface area is 158 Å². The van der Waals surface area contributed by atoms with Gasteiger partial charge in [0.1, 0.15) is 11.6 Å². The summed E-state index contributed by atoms with van der Waals surface area (Å²) >= 11 is 1.75. The molecule has 26 heavy (non-hydrogen) atoms. The first-order chi connectivity index (χ1) is 12.4. The van der Waals surface area contributed by atoms with Crippen LogP contribution in [0.1, 0.15) is 48.1 Å². The first kappa shape index (κ1) is 18.9. The highest BCUT2D eigenvalue weighted by Crippen LogP contribution is 2.27. The third kappa shape index (κ3) is 4.45. The van der Waals surface area contributed by atoms with E-state index >= 15 is 0 Å². The molecule has 0 saturated carbocycles. The van der Waals surface area contributed by atoms with E-state index in [2.05, 4.69) is 34.3 Å². The number of aromatic nitrogens is 5. The van der Waals surface area contributed by atoms with E-state index in [9.17, 15) is 4.79 Å². The number of hydrogen-bond acceptors (Lipinski definition) is 7. The minimum atomic E-state index is -0.0149. The van der Waals surface area contributed by atoms with Crippen molar-refractivity contribution in [2.75, 3.05) is 14.1 Å². The summed E-state index contributed by atoms with van der Waals surface area (Å²) in [5.74, 6) is 0.687. The summed E-state index contributed by atoms with van der Waals surface area (Å²) in [5, 5.41) is 12.8. The lowest BCUT2D eigenvalue weighted by Gasteiger charge is -2.20. The summed E-state index contributed by atoms with van der Waals surface area (Å²) in [6.07, 6.45) is 4.66. The molecule has 1 aliphatic rings. The van der Waals surface area contributed by atoms with Crippen LogP contribution in [0.5, 0.6) is 0 Å². The summed E-state index contributed by atoms with van der Waals surface area (Å²) in [6.45, 7) is 5.53. The number of carbonyl (C=O) groups is 1. The maximum atomic E-state index is 12.6. The van der Waals surface area contributed by atoms with E-state index in [1.54, 1.807) is 20.9 Å². The van der Waals surface area contributed by atoms with Gasteiger partial charge in [0.25, 0.3) is 0 Å². The molecule has 0 spiro atoms. The average Bonchev–Trinajstić information content (AvgIpc) is 3.20. The number of carbonyl (C=O) groups excluding carboxylic acids is 1. The van der Waals surface area contributed by atoms with Gasteiger partial charge in [0.2, 0.25) is 5.91 Å². The molecule has 142 valence electrons. The number of aryl methyl sites for hydroxylation is 2. The predicted octanol–water partition coefficient (Wildman–Crippen LogP) is 1.51. The molecule has 0 saturated heterocycles. The van der Waals surface area contributed by atoms with Crippen LogP contribution in [-0.2, 0) is 37.3 Å². The second-order valence-corrected chi connectivity index (χ2v) is 8.36. The summed E-state index contributed by atoms with van der Waals surface area (Å²) in [6, 6.07) is 0.384. The summed E-state index contributed by atoms with van der Waals surface area (Å²) in [5.41, 5.74) is 1.23. The lowest BCUT2D eigenvalue weighted by atomic mass is 10.0. The summed E-state index contributed by atoms with van der Waals surface area (Å²) < 4.78 is 1.59. The van der Waals surface area contributed by atoms with E-state index in [1.165, 1.54) is 23.4 Å². The zero-order valence-electron chi connectivity index (χ0n) is 16.0. The van der Waals surface area contributed by atoms with Crippen molar-refractivity contribution in [2.24, 2.45) is 0 Å². The third-order valence-electron chi connectivity index (χ3n) is 4.85. The predicted molar refractivity (Wildman–Crippen MR) is 99.7 cm³/mol. The van der Waals surface area contributed by atoms with Crippen LogP contribution in [0.2, 0.25) is 0 Å². The second kappa shape index (κ2) is 8.22. The zero-order chi connectivity index (χ0) is 18.7. The van der Waals surface area contributed by atoms with Gasteiger partial charge >= 0.3 is 0 Å². The molecule has 0 atom stereocenters. The third-order valence-corrected chi connectivity index (χ3v) is 5.99. The van der Waals surface area contributed by atoms with E-state index in [0.29, 0.717) is 25.0 Å². The number of fused-ring (bicyclic) bond motifs is 1. The van der Waals surface area contributed by atoms with Crippen LogP contribution >= 0.6 is 11.3 Å². The Morgan fingerprint density at radius 2 is 2.00 bits per heavy atom. The maximum Gasteiger partial charge on any atom is 0.244 e. The van der Waals surface area contributed by atoms with Crippen molar-refractivity contribution in [1.82, 2.24) is 35.0 Å². The number of amides is 1. The van der Waals surface area contributed by atoms with Crippen molar-refractivity contribution in [3.8, 4) is 0 Å². The number of nitrogens with zero attached hydrogens (tertiary/aromatic N) is 7.